The Morgan fingerprint density at radius 1 is 1.56 bits per heavy atom. The van der Waals surface area contributed by atoms with E-state index in [1.54, 1.807) is 13.2 Å². The van der Waals surface area contributed by atoms with Crippen LogP contribution in [0.5, 0.6) is 0 Å². The molecule has 16 heavy (non-hydrogen) atoms. The number of methoxy groups -OCH3 is 1. The molecule has 0 aliphatic carbocycles. The number of hydrogen-bond donors (Lipinski definition) is 0. The van der Waals surface area contributed by atoms with Gasteiger partial charge in [0, 0.05) is 12.5 Å². The van der Waals surface area contributed by atoms with Gasteiger partial charge in [0.25, 0.3) is 0 Å². The third-order valence-corrected chi connectivity index (χ3v) is 2.75. The summed E-state index contributed by atoms with van der Waals surface area (Å²) < 4.78 is 25.7. The Balaban J connectivity index is 2.27. The van der Waals surface area contributed by atoms with Gasteiger partial charge in [-0.3, -0.25) is 4.68 Å². The first-order valence-corrected chi connectivity index (χ1v) is 5.10. The predicted molar refractivity (Wildman–Crippen MR) is 55.4 cm³/mol. The fraction of sp³-hybridized carbons (Fsp3) is 0.364. The van der Waals surface area contributed by atoms with Crippen LogP contribution in [0.3, 0.4) is 0 Å². The van der Waals surface area contributed by atoms with Crippen LogP contribution in [0.25, 0.3) is 10.9 Å². The van der Waals surface area contributed by atoms with Crippen molar-refractivity contribution < 1.29 is 13.9 Å². The second kappa shape index (κ2) is 3.54. The van der Waals surface area contributed by atoms with E-state index in [0.29, 0.717) is 13.2 Å². The number of nitrogens with zero attached hydrogens (tertiary/aromatic N) is 2. The van der Waals surface area contributed by atoms with Crippen molar-refractivity contribution in [1.82, 2.24) is 9.78 Å². The Labute approximate surface area is 91.6 Å². The maximum Gasteiger partial charge on any atom is 0.201 e. The summed E-state index contributed by atoms with van der Waals surface area (Å²) in [7, 11) is 1.57. The van der Waals surface area contributed by atoms with Crippen molar-refractivity contribution in [2.24, 2.45) is 0 Å². The molecule has 0 N–H and O–H groups in total. The van der Waals surface area contributed by atoms with E-state index in [1.807, 2.05) is 4.68 Å². The minimum atomic E-state index is -0.458. The molecule has 0 saturated carbocycles. The van der Waals surface area contributed by atoms with E-state index < -0.39 is 6.29 Å². The van der Waals surface area contributed by atoms with Crippen LogP contribution in [0.1, 0.15) is 12.0 Å². The standard InChI is InChI=1S/C11H11FN2O2/c1-15-11-10-8-6-7(12)2-3-9(8)13-14(10)4-5-16-11/h2-3,6,11H,4-5H2,1H3. The van der Waals surface area contributed by atoms with Crippen molar-refractivity contribution in [3.8, 4) is 0 Å². The largest absolute Gasteiger partial charge is 0.350 e. The third kappa shape index (κ3) is 1.32. The Bertz CT molecular complexity index is 538. The van der Waals surface area contributed by atoms with Crippen molar-refractivity contribution in [2.45, 2.75) is 12.8 Å². The number of fused-ring (bicyclic) bond motifs is 3. The molecule has 3 rings (SSSR count). The molecule has 5 heteroatoms. The topological polar surface area (TPSA) is 36.3 Å². The van der Waals surface area contributed by atoms with E-state index in [9.17, 15) is 4.39 Å². The molecule has 0 spiro atoms. The summed E-state index contributed by atoms with van der Waals surface area (Å²) in [5.74, 6) is -0.274. The number of hydrogen-bond acceptors (Lipinski definition) is 3. The Morgan fingerprint density at radius 3 is 3.25 bits per heavy atom. The first kappa shape index (κ1) is 9.74. The monoisotopic (exact) mass is 222 g/mol. The average molecular weight is 222 g/mol. The second-order valence-electron chi connectivity index (χ2n) is 3.71. The van der Waals surface area contributed by atoms with Crippen LogP contribution < -0.4 is 0 Å². The van der Waals surface area contributed by atoms with Crippen LogP contribution in [0.4, 0.5) is 4.39 Å². The molecular weight excluding hydrogens is 211 g/mol. The van der Waals surface area contributed by atoms with Crippen LogP contribution in [0.2, 0.25) is 0 Å². The van der Waals surface area contributed by atoms with Gasteiger partial charge in [-0.05, 0) is 18.2 Å². The maximum atomic E-state index is 13.2. The van der Waals surface area contributed by atoms with E-state index >= 15 is 0 Å². The highest BCUT2D eigenvalue weighted by atomic mass is 19.1. The van der Waals surface area contributed by atoms with E-state index in [0.717, 1.165) is 16.6 Å². The first-order valence-electron chi connectivity index (χ1n) is 5.10. The van der Waals surface area contributed by atoms with Crippen LogP contribution in [-0.2, 0) is 16.0 Å². The van der Waals surface area contributed by atoms with Gasteiger partial charge in [-0.25, -0.2) is 4.39 Å². The Hall–Kier alpha value is -1.46. The van der Waals surface area contributed by atoms with E-state index in [4.69, 9.17) is 9.47 Å². The van der Waals surface area contributed by atoms with Crippen LogP contribution in [-0.4, -0.2) is 23.5 Å². The molecule has 2 aromatic rings. The van der Waals surface area contributed by atoms with E-state index in [-0.39, 0.29) is 5.82 Å². The molecule has 1 aromatic carbocycles. The van der Waals surface area contributed by atoms with Gasteiger partial charge in [0.15, 0.2) is 0 Å². The van der Waals surface area contributed by atoms with Gasteiger partial charge in [-0.2, -0.15) is 5.10 Å². The van der Waals surface area contributed by atoms with E-state index in [1.165, 1.54) is 12.1 Å². The van der Waals surface area contributed by atoms with E-state index in [2.05, 4.69) is 5.10 Å². The van der Waals surface area contributed by atoms with Crippen molar-refractivity contribution in [3.05, 3.63) is 29.7 Å². The molecule has 1 aromatic heterocycles. The summed E-state index contributed by atoms with van der Waals surface area (Å²) in [6.45, 7) is 1.23. The van der Waals surface area contributed by atoms with Gasteiger partial charge in [0.05, 0.1) is 18.7 Å². The first-order chi connectivity index (χ1) is 7.79. The maximum absolute atomic E-state index is 13.2. The summed E-state index contributed by atoms with van der Waals surface area (Å²) in [6, 6.07) is 4.54. The van der Waals surface area contributed by atoms with Crippen LogP contribution in [0.15, 0.2) is 18.2 Å². The zero-order valence-corrected chi connectivity index (χ0v) is 8.81. The second-order valence-corrected chi connectivity index (χ2v) is 3.71. The van der Waals surface area contributed by atoms with Gasteiger partial charge in [0.1, 0.15) is 11.5 Å². The molecular formula is C11H11FN2O2. The molecule has 0 amide bonds. The van der Waals surface area contributed by atoms with Crippen LogP contribution in [0, 0.1) is 5.82 Å². The molecule has 0 saturated heterocycles. The molecule has 1 unspecified atom stereocenters. The number of halogens is 1. The Morgan fingerprint density at radius 2 is 2.44 bits per heavy atom. The Kier molecular flexibility index (Phi) is 2.15. The normalized spacial score (nSPS) is 20.0. The average Bonchev–Trinajstić information content (AvgIpc) is 2.66. The highest BCUT2D eigenvalue weighted by molar-refractivity contribution is 5.82. The van der Waals surface area contributed by atoms with Gasteiger partial charge in [0.2, 0.25) is 6.29 Å². The number of rotatable bonds is 1. The quantitative estimate of drug-likeness (QED) is 0.738. The van der Waals surface area contributed by atoms with Crippen molar-refractivity contribution in [2.75, 3.05) is 13.7 Å². The molecule has 0 radical (unpaired) electrons. The number of benzene rings is 1. The fourth-order valence-electron chi connectivity index (χ4n) is 2.05. The summed E-state index contributed by atoms with van der Waals surface area (Å²) in [4.78, 5) is 0. The minimum absolute atomic E-state index is 0.274. The highest BCUT2D eigenvalue weighted by Crippen LogP contribution is 2.30. The van der Waals surface area contributed by atoms with Gasteiger partial charge < -0.3 is 9.47 Å². The lowest BCUT2D eigenvalue weighted by atomic mass is 10.2. The molecule has 0 fully saturated rings. The smallest absolute Gasteiger partial charge is 0.201 e. The molecule has 84 valence electrons. The highest BCUT2D eigenvalue weighted by Gasteiger charge is 2.25. The lowest BCUT2D eigenvalue weighted by molar-refractivity contribution is -0.147. The number of ether oxygens (including phenoxy) is 2. The van der Waals surface area contributed by atoms with Gasteiger partial charge >= 0.3 is 0 Å². The summed E-state index contributed by atoms with van der Waals surface area (Å²) >= 11 is 0. The molecule has 1 atom stereocenters. The van der Waals surface area contributed by atoms with Crippen molar-refractivity contribution in [3.63, 3.8) is 0 Å². The number of aromatic nitrogens is 2. The van der Waals surface area contributed by atoms with Gasteiger partial charge in [-0.15, -0.1) is 0 Å². The summed E-state index contributed by atoms with van der Waals surface area (Å²) in [5, 5.41) is 5.14. The predicted octanol–water partition coefficient (Wildman–Crippen LogP) is 1.85. The lowest BCUT2D eigenvalue weighted by Crippen LogP contribution is -2.23. The molecule has 1 aliphatic heterocycles. The SMILES string of the molecule is COC1OCCn2nc3ccc(F)cc3c21. The van der Waals surface area contributed by atoms with Gasteiger partial charge in [-0.1, -0.05) is 0 Å². The molecule has 1 aliphatic rings. The van der Waals surface area contributed by atoms with Crippen molar-refractivity contribution >= 4 is 10.9 Å². The van der Waals surface area contributed by atoms with Crippen molar-refractivity contribution in [1.29, 1.82) is 0 Å². The fourth-order valence-corrected chi connectivity index (χ4v) is 2.05. The third-order valence-electron chi connectivity index (χ3n) is 2.75. The molecule has 2 heterocycles. The molecule has 0 bridgehead atoms. The molecule has 4 nitrogen and oxygen atoms in total. The minimum Gasteiger partial charge on any atom is -0.350 e. The summed E-state index contributed by atoms with van der Waals surface area (Å²) in [5.41, 5.74) is 1.56. The van der Waals surface area contributed by atoms with Crippen LogP contribution >= 0.6 is 0 Å². The lowest BCUT2D eigenvalue weighted by Gasteiger charge is -2.23. The zero-order chi connectivity index (χ0) is 11.1. The summed E-state index contributed by atoms with van der Waals surface area (Å²) in [6.07, 6.45) is -0.458. The zero-order valence-electron chi connectivity index (χ0n) is 8.81.